The summed E-state index contributed by atoms with van der Waals surface area (Å²) in [5, 5.41) is 0. The monoisotopic (exact) mass is 183 g/mol. The van der Waals surface area contributed by atoms with Crippen molar-refractivity contribution in [1.82, 2.24) is 0 Å². The highest BCUT2D eigenvalue weighted by atomic mass is 35.5. The lowest BCUT2D eigenvalue weighted by molar-refractivity contribution is -0.135. The van der Waals surface area contributed by atoms with Crippen LogP contribution in [0.25, 0.3) is 0 Å². The average molecular weight is 184 g/mol. The zero-order valence-electron chi connectivity index (χ0n) is 5.67. The standard InChI is InChI=1S/C5H10ClNO2S/c1-10-3-2-4(7)5(8)9-6/h4H,2-3,7H2,1H3/t4-/m0/s1. The normalized spacial score (nSPS) is 12.7. The maximum atomic E-state index is 10.5. The minimum atomic E-state index is -0.579. The number of halogens is 1. The molecule has 0 fully saturated rings. The van der Waals surface area contributed by atoms with Gasteiger partial charge in [0, 0.05) is 0 Å². The van der Waals surface area contributed by atoms with Crippen LogP contribution >= 0.6 is 23.6 Å². The van der Waals surface area contributed by atoms with Gasteiger partial charge in [-0.15, -0.1) is 0 Å². The Balaban J connectivity index is 3.41. The lowest BCUT2D eigenvalue weighted by Gasteiger charge is -2.04. The summed E-state index contributed by atoms with van der Waals surface area (Å²) in [4.78, 5) is 10.5. The predicted molar refractivity (Wildman–Crippen MR) is 42.9 cm³/mol. The molecule has 0 aromatic heterocycles. The molecule has 0 amide bonds. The lowest BCUT2D eigenvalue weighted by atomic mass is 10.2. The molecule has 0 radical (unpaired) electrons. The van der Waals surface area contributed by atoms with E-state index >= 15 is 0 Å². The molecule has 60 valence electrons. The second-order valence-corrected chi connectivity index (χ2v) is 2.92. The third-order valence-corrected chi connectivity index (χ3v) is 1.81. The molecular formula is C5H10ClNO2S. The van der Waals surface area contributed by atoms with Gasteiger partial charge in [-0.1, -0.05) is 0 Å². The molecule has 0 rings (SSSR count). The Hall–Kier alpha value is 0.0700. The molecule has 5 heteroatoms. The number of hydrogen-bond acceptors (Lipinski definition) is 4. The Morgan fingerprint density at radius 2 is 2.50 bits per heavy atom. The van der Waals surface area contributed by atoms with E-state index in [-0.39, 0.29) is 0 Å². The van der Waals surface area contributed by atoms with Gasteiger partial charge >= 0.3 is 5.97 Å². The zero-order valence-corrected chi connectivity index (χ0v) is 7.24. The van der Waals surface area contributed by atoms with E-state index in [1.807, 2.05) is 6.26 Å². The van der Waals surface area contributed by atoms with Gasteiger partial charge in [0.25, 0.3) is 0 Å². The molecule has 0 aromatic rings. The lowest BCUT2D eigenvalue weighted by Crippen LogP contribution is -2.31. The van der Waals surface area contributed by atoms with Crippen LogP contribution in [0.4, 0.5) is 0 Å². The molecule has 0 aliphatic carbocycles. The van der Waals surface area contributed by atoms with Gasteiger partial charge in [0.2, 0.25) is 0 Å². The summed E-state index contributed by atoms with van der Waals surface area (Å²) in [5.74, 6) is 0.281. The van der Waals surface area contributed by atoms with E-state index < -0.39 is 12.0 Å². The van der Waals surface area contributed by atoms with E-state index in [1.54, 1.807) is 11.8 Å². The third kappa shape index (κ3) is 3.98. The van der Waals surface area contributed by atoms with Crippen LogP contribution in [0.1, 0.15) is 6.42 Å². The Bertz CT molecular complexity index is 112. The largest absolute Gasteiger partial charge is 0.346 e. The predicted octanol–water partition coefficient (Wildman–Crippen LogP) is 0.764. The first kappa shape index (κ1) is 10.1. The molecule has 0 bridgehead atoms. The topological polar surface area (TPSA) is 52.3 Å². The van der Waals surface area contributed by atoms with Crippen molar-refractivity contribution < 1.29 is 9.08 Å². The van der Waals surface area contributed by atoms with Crippen molar-refractivity contribution in [2.75, 3.05) is 12.0 Å². The van der Waals surface area contributed by atoms with Crippen molar-refractivity contribution in [3.05, 3.63) is 0 Å². The van der Waals surface area contributed by atoms with Crippen molar-refractivity contribution in [3.63, 3.8) is 0 Å². The van der Waals surface area contributed by atoms with Crippen LogP contribution in [0.2, 0.25) is 0 Å². The fourth-order valence-electron chi connectivity index (χ4n) is 0.420. The number of thioether (sulfide) groups is 1. The summed E-state index contributed by atoms with van der Waals surface area (Å²) in [6.07, 6.45) is 2.55. The molecule has 0 aliphatic rings. The van der Waals surface area contributed by atoms with E-state index in [1.165, 1.54) is 0 Å². The summed E-state index contributed by atoms with van der Waals surface area (Å²) < 4.78 is 3.91. The van der Waals surface area contributed by atoms with Gasteiger partial charge in [-0.05, 0) is 18.4 Å². The summed E-state index contributed by atoms with van der Waals surface area (Å²) in [5.41, 5.74) is 5.34. The highest BCUT2D eigenvalue weighted by Gasteiger charge is 2.13. The maximum Gasteiger partial charge on any atom is 0.341 e. The molecule has 0 saturated heterocycles. The SMILES string of the molecule is CSCC[C@H](N)C(=O)OCl. The number of carbonyl (C=O) groups is 1. The molecule has 0 spiro atoms. The van der Waals surface area contributed by atoms with E-state index in [0.717, 1.165) is 5.75 Å². The molecule has 0 aliphatic heterocycles. The quantitative estimate of drug-likeness (QED) is 0.700. The number of carbonyl (C=O) groups excluding carboxylic acids is 1. The highest BCUT2D eigenvalue weighted by Crippen LogP contribution is 2.00. The van der Waals surface area contributed by atoms with Crippen molar-refractivity contribution >= 4 is 29.6 Å². The molecule has 0 heterocycles. The molecule has 10 heavy (non-hydrogen) atoms. The second kappa shape index (κ2) is 5.82. The summed E-state index contributed by atoms with van der Waals surface area (Å²) >= 11 is 6.42. The Kier molecular flexibility index (Phi) is 5.87. The molecule has 1 atom stereocenters. The number of rotatable bonds is 4. The molecular weight excluding hydrogens is 174 g/mol. The van der Waals surface area contributed by atoms with E-state index in [0.29, 0.717) is 6.42 Å². The fourth-order valence-corrected chi connectivity index (χ4v) is 1.02. The summed E-state index contributed by atoms with van der Waals surface area (Å²) in [6.45, 7) is 0. The minimum Gasteiger partial charge on any atom is -0.346 e. The molecule has 2 N–H and O–H groups in total. The first-order valence-corrected chi connectivity index (χ1v) is 4.49. The third-order valence-electron chi connectivity index (χ3n) is 1.01. The second-order valence-electron chi connectivity index (χ2n) is 1.78. The number of hydrogen-bond donors (Lipinski definition) is 1. The Morgan fingerprint density at radius 3 is 2.90 bits per heavy atom. The van der Waals surface area contributed by atoms with Gasteiger partial charge in [0.05, 0.1) is 0 Å². The van der Waals surface area contributed by atoms with E-state index in [4.69, 9.17) is 17.6 Å². The smallest absolute Gasteiger partial charge is 0.341 e. The molecule has 0 aromatic carbocycles. The van der Waals surface area contributed by atoms with Crippen LogP contribution in [0, 0.1) is 0 Å². The highest BCUT2D eigenvalue weighted by molar-refractivity contribution is 7.98. The van der Waals surface area contributed by atoms with Gasteiger partial charge in [-0.25, -0.2) is 4.79 Å². The van der Waals surface area contributed by atoms with Crippen molar-refractivity contribution in [2.24, 2.45) is 5.73 Å². The fraction of sp³-hybridized carbons (Fsp3) is 0.800. The van der Waals surface area contributed by atoms with Crippen LogP contribution in [0.15, 0.2) is 0 Å². The molecule has 3 nitrogen and oxygen atoms in total. The van der Waals surface area contributed by atoms with Gasteiger partial charge in [0.1, 0.15) is 17.9 Å². The van der Waals surface area contributed by atoms with Gasteiger partial charge in [0.15, 0.2) is 0 Å². The van der Waals surface area contributed by atoms with Crippen LogP contribution < -0.4 is 5.73 Å². The van der Waals surface area contributed by atoms with Gasteiger partial charge in [-0.2, -0.15) is 11.8 Å². The van der Waals surface area contributed by atoms with Gasteiger partial charge in [-0.3, -0.25) is 0 Å². The first-order valence-electron chi connectivity index (χ1n) is 2.79. The first-order chi connectivity index (χ1) is 4.72. The summed E-state index contributed by atoms with van der Waals surface area (Å²) in [6, 6.07) is -0.579. The minimum absolute atomic E-state index is 0.560. The van der Waals surface area contributed by atoms with E-state index in [9.17, 15) is 4.79 Å². The van der Waals surface area contributed by atoms with Crippen molar-refractivity contribution in [1.29, 1.82) is 0 Å². The average Bonchev–Trinajstić information content (AvgIpc) is 1.98. The summed E-state index contributed by atoms with van der Waals surface area (Å²) in [7, 11) is 0. The number of nitrogens with two attached hydrogens (primary N) is 1. The molecule has 0 saturated carbocycles. The van der Waals surface area contributed by atoms with Crippen molar-refractivity contribution in [2.45, 2.75) is 12.5 Å². The van der Waals surface area contributed by atoms with E-state index in [2.05, 4.69) is 4.29 Å². The van der Waals surface area contributed by atoms with Crippen LogP contribution in [-0.4, -0.2) is 24.0 Å². The van der Waals surface area contributed by atoms with Crippen molar-refractivity contribution in [3.8, 4) is 0 Å². The van der Waals surface area contributed by atoms with Crippen LogP contribution in [0.3, 0.4) is 0 Å². The van der Waals surface area contributed by atoms with Crippen LogP contribution in [0.5, 0.6) is 0 Å². The van der Waals surface area contributed by atoms with Crippen LogP contribution in [-0.2, 0) is 9.08 Å². The Labute approximate surface area is 69.4 Å². The zero-order chi connectivity index (χ0) is 7.98. The maximum absolute atomic E-state index is 10.5. The Morgan fingerprint density at radius 1 is 1.90 bits per heavy atom. The molecule has 0 unspecified atom stereocenters. The van der Waals surface area contributed by atoms with Gasteiger partial charge < -0.3 is 10.0 Å².